The van der Waals surface area contributed by atoms with Crippen molar-refractivity contribution in [2.24, 2.45) is 0 Å². The number of hydrogen-bond donors (Lipinski definition) is 0. The molecule has 2 rings (SSSR count). The van der Waals surface area contributed by atoms with Crippen LogP contribution in [0.4, 0.5) is 0 Å². The van der Waals surface area contributed by atoms with E-state index in [0.717, 1.165) is 19.6 Å². The molecule has 0 aromatic carbocycles. The Hall–Kier alpha value is -0.0301. The standard InChI is InChI=1S/C7H15BO2.C4H9BO2.C2H6.CH4/c1-6(2)7(3,4)10-8(5)9-6;1-5-6-3-2-4-7-5;1-2;/h1-5H3;2-4H2,1H3;1-2H3;1H4. The predicted octanol–water partition coefficient (Wildman–Crippen LogP) is 3.91. The van der Waals surface area contributed by atoms with Crippen LogP contribution in [-0.4, -0.2) is 38.7 Å². The van der Waals surface area contributed by atoms with Gasteiger partial charge in [-0.15, -0.1) is 0 Å². The maximum absolute atomic E-state index is 5.54. The van der Waals surface area contributed by atoms with Crippen LogP contribution in [0.5, 0.6) is 0 Å². The van der Waals surface area contributed by atoms with Crippen molar-refractivity contribution in [3.05, 3.63) is 0 Å². The third kappa shape index (κ3) is 7.11. The molecule has 0 N–H and O–H groups in total. The zero-order valence-corrected chi connectivity index (χ0v) is 13.9. The molecule has 20 heavy (non-hydrogen) atoms. The lowest BCUT2D eigenvalue weighted by atomic mass is 9.90. The fraction of sp³-hybridized carbons (Fsp3) is 1.00. The quantitative estimate of drug-likeness (QED) is 0.633. The first-order chi connectivity index (χ1) is 8.74. The molecule has 2 aliphatic heterocycles. The molecule has 0 aromatic rings. The van der Waals surface area contributed by atoms with Crippen LogP contribution in [0, 0.1) is 0 Å². The molecule has 2 saturated heterocycles. The fourth-order valence-corrected chi connectivity index (χ4v) is 1.74. The molecule has 0 aliphatic carbocycles. The Morgan fingerprint density at radius 3 is 1.25 bits per heavy atom. The molecule has 0 spiro atoms. The first-order valence-electron chi connectivity index (χ1n) is 7.33. The third-order valence-electron chi connectivity index (χ3n) is 3.36. The molecule has 0 saturated carbocycles. The number of rotatable bonds is 0. The minimum absolute atomic E-state index is 0. The zero-order valence-electron chi connectivity index (χ0n) is 13.9. The summed E-state index contributed by atoms with van der Waals surface area (Å²) in [6, 6.07) is 0. The van der Waals surface area contributed by atoms with Gasteiger partial charge >= 0.3 is 14.2 Å². The van der Waals surface area contributed by atoms with Gasteiger partial charge in [0.1, 0.15) is 0 Å². The lowest BCUT2D eigenvalue weighted by Crippen LogP contribution is -2.41. The highest BCUT2D eigenvalue weighted by atomic mass is 16.7. The van der Waals surface area contributed by atoms with Gasteiger partial charge in [0.2, 0.25) is 0 Å². The maximum atomic E-state index is 5.54. The second kappa shape index (κ2) is 9.82. The van der Waals surface area contributed by atoms with Crippen LogP contribution in [0.2, 0.25) is 13.6 Å². The minimum Gasteiger partial charge on any atom is -0.411 e. The van der Waals surface area contributed by atoms with E-state index in [-0.39, 0.29) is 32.9 Å². The third-order valence-corrected chi connectivity index (χ3v) is 3.36. The molecule has 2 heterocycles. The van der Waals surface area contributed by atoms with Crippen molar-refractivity contribution in [2.75, 3.05) is 13.2 Å². The summed E-state index contributed by atoms with van der Waals surface area (Å²) in [6.45, 7) is 17.8. The van der Waals surface area contributed by atoms with Crippen molar-refractivity contribution < 1.29 is 18.6 Å². The smallest absolute Gasteiger partial charge is 0.411 e. The fourth-order valence-electron chi connectivity index (χ4n) is 1.74. The molecule has 0 radical (unpaired) electrons. The molecule has 0 bridgehead atoms. The summed E-state index contributed by atoms with van der Waals surface area (Å²) < 4.78 is 21.2. The number of hydrogen-bond acceptors (Lipinski definition) is 4. The lowest BCUT2D eigenvalue weighted by Gasteiger charge is -2.32. The van der Waals surface area contributed by atoms with Gasteiger partial charge in [-0.25, -0.2) is 0 Å². The van der Waals surface area contributed by atoms with E-state index in [1.807, 2.05) is 27.5 Å². The van der Waals surface area contributed by atoms with E-state index in [0.29, 0.717) is 0 Å². The Kier molecular flexibility index (Phi) is 10.9. The first-order valence-corrected chi connectivity index (χ1v) is 7.33. The molecule has 4 nitrogen and oxygen atoms in total. The van der Waals surface area contributed by atoms with Crippen LogP contribution in [0.15, 0.2) is 0 Å². The molecule has 0 amide bonds. The summed E-state index contributed by atoms with van der Waals surface area (Å²) in [5.41, 5.74) is -0.321. The normalized spacial score (nSPS) is 22.8. The van der Waals surface area contributed by atoms with E-state index in [1.54, 1.807) is 0 Å². The van der Waals surface area contributed by atoms with Gasteiger partial charge in [-0.1, -0.05) is 21.3 Å². The lowest BCUT2D eigenvalue weighted by molar-refractivity contribution is 0.00578. The zero-order chi connectivity index (χ0) is 15.1. The van der Waals surface area contributed by atoms with Crippen LogP contribution < -0.4 is 0 Å². The van der Waals surface area contributed by atoms with Crippen molar-refractivity contribution >= 4 is 14.2 Å². The Morgan fingerprint density at radius 1 is 0.750 bits per heavy atom. The van der Waals surface area contributed by atoms with Gasteiger partial charge in [0.15, 0.2) is 0 Å². The second-order valence-electron chi connectivity index (χ2n) is 5.49. The van der Waals surface area contributed by atoms with Gasteiger partial charge in [0, 0.05) is 13.2 Å². The highest BCUT2D eigenvalue weighted by Crippen LogP contribution is 2.36. The molecule has 6 heteroatoms. The van der Waals surface area contributed by atoms with Gasteiger partial charge < -0.3 is 18.6 Å². The summed E-state index contributed by atoms with van der Waals surface area (Å²) in [4.78, 5) is 0. The molecule has 120 valence electrons. The van der Waals surface area contributed by atoms with Crippen LogP contribution >= 0.6 is 0 Å². The highest BCUT2D eigenvalue weighted by Gasteiger charge is 2.48. The molecule has 0 unspecified atom stereocenters. The molecule has 0 atom stereocenters. The molecule has 2 aliphatic rings. The molecular formula is C14H34B2O4. The first kappa shape index (κ1) is 22.3. The van der Waals surface area contributed by atoms with Crippen molar-refractivity contribution in [1.29, 1.82) is 0 Å². The second-order valence-corrected chi connectivity index (χ2v) is 5.49. The van der Waals surface area contributed by atoms with Crippen LogP contribution in [0.25, 0.3) is 0 Å². The molecule has 2 fully saturated rings. The average Bonchev–Trinajstić information content (AvgIpc) is 2.50. The van der Waals surface area contributed by atoms with E-state index >= 15 is 0 Å². The summed E-state index contributed by atoms with van der Waals surface area (Å²) >= 11 is 0. The maximum Gasteiger partial charge on any atom is 0.454 e. The van der Waals surface area contributed by atoms with E-state index in [2.05, 4.69) is 27.7 Å². The van der Waals surface area contributed by atoms with Crippen LogP contribution in [0.1, 0.15) is 55.4 Å². The van der Waals surface area contributed by atoms with Crippen molar-refractivity contribution in [2.45, 2.75) is 80.2 Å². The Labute approximate surface area is 127 Å². The Bertz CT molecular complexity index is 225. The summed E-state index contributed by atoms with van der Waals surface area (Å²) in [5, 5.41) is 0. The Morgan fingerprint density at radius 2 is 1.10 bits per heavy atom. The van der Waals surface area contributed by atoms with E-state index in [4.69, 9.17) is 18.6 Å². The predicted molar refractivity (Wildman–Crippen MR) is 88.2 cm³/mol. The van der Waals surface area contributed by atoms with Gasteiger partial charge in [-0.05, 0) is 47.8 Å². The van der Waals surface area contributed by atoms with Crippen LogP contribution in [-0.2, 0) is 18.6 Å². The average molecular weight is 288 g/mol. The van der Waals surface area contributed by atoms with Crippen LogP contribution in [0.3, 0.4) is 0 Å². The topological polar surface area (TPSA) is 36.9 Å². The van der Waals surface area contributed by atoms with E-state index in [9.17, 15) is 0 Å². The van der Waals surface area contributed by atoms with Gasteiger partial charge in [-0.2, -0.15) is 0 Å². The molecular weight excluding hydrogens is 254 g/mol. The van der Waals surface area contributed by atoms with Gasteiger partial charge in [0.25, 0.3) is 0 Å². The summed E-state index contributed by atoms with van der Waals surface area (Å²) in [7, 11) is -0.0289. The van der Waals surface area contributed by atoms with Gasteiger partial charge in [0.05, 0.1) is 11.2 Å². The van der Waals surface area contributed by atoms with Crippen molar-refractivity contribution in [3.63, 3.8) is 0 Å². The van der Waals surface area contributed by atoms with E-state index < -0.39 is 0 Å². The van der Waals surface area contributed by atoms with Crippen molar-refractivity contribution in [3.8, 4) is 0 Å². The largest absolute Gasteiger partial charge is 0.454 e. The SMILES string of the molecule is C.CB1OC(C)(C)C(C)(C)O1.CB1OCCCO1.CC. The highest BCUT2D eigenvalue weighted by molar-refractivity contribution is 6.43. The Balaban J connectivity index is 0. The summed E-state index contributed by atoms with van der Waals surface area (Å²) in [5.74, 6) is 0. The molecule has 0 aromatic heterocycles. The summed E-state index contributed by atoms with van der Waals surface area (Å²) in [6.07, 6.45) is 1.05. The monoisotopic (exact) mass is 288 g/mol. The minimum atomic E-state index is -0.160. The van der Waals surface area contributed by atoms with Crippen molar-refractivity contribution in [1.82, 2.24) is 0 Å². The van der Waals surface area contributed by atoms with E-state index in [1.165, 1.54) is 0 Å². The van der Waals surface area contributed by atoms with Gasteiger partial charge in [-0.3, -0.25) is 0 Å².